The lowest BCUT2D eigenvalue weighted by atomic mass is 9.97. The van der Waals surface area contributed by atoms with Crippen LogP contribution in [0.25, 0.3) is 0 Å². The van der Waals surface area contributed by atoms with E-state index in [-0.39, 0.29) is 24.2 Å². The molecule has 0 aliphatic heterocycles. The summed E-state index contributed by atoms with van der Waals surface area (Å²) in [5.41, 5.74) is 5.92. The number of carbonyl (C=O) groups excluding carboxylic acids is 2. The summed E-state index contributed by atoms with van der Waals surface area (Å²) in [4.78, 5) is 24.9. The largest absolute Gasteiger partial charge is 0.483 e. The molecule has 1 atom stereocenters. The lowest BCUT2D eigenvalue weighted by molar-refractivity contribution is -0.118. The van der Waals surface area contributed by atoms with Crippen LogP contribution in [0.4, 0.5) is 5.69 Å². The molecule has 2 aromatic rings. The third-order valence-electron chi connectivity index (χ3n) is 5.31. The fraction of sp³-hybridized carbons (Fsp3) is 0.391. The van der Waals surface area contributed by atoms with Gasteiger partial charge in [0.1, 0.15) is 5.75 Å². The highest BCUT2D eigenvalue weighted by Gasteiger charge is 2.31. The molecule has 1 aliphatic carbocycles. The first-order valence-electron chi connectivity index (χ1n) is 9.66. The molecule has 0 fully saturated rings. The smallest absolute Gasteiger partial charge is 0.262 e. The number of nitrogens with one attached hydrogen (secondary N) is 1. The van der Waals surface area contributed by atoms with Gasteiger partial charge in [-0.15, -0.1) is 0 Å². The summed E-state index contributed by atoms with van der Waals surface area (Å²) in [5.74, 6) is 0.604. The maximum absolute atomic E-state index is 12.5. The standard InChI is InChI=1S/C23H27NO3/c1-5-16-8-7-9-17(6-2)23(16)24-20(26)13-27-19-11-10-14(3)21-15(4)12-18(25)22(19)21/h7-11,15H,5-6,12-13H2,1-4H3,(H,24,26)/t15-/m1/s1. The Bertz CT molecular complexity index is 863. The van der Waals surface area contributed by atoms with Gasteiger partial charge in [-0.1, -0.05) is 45.0 Å². The Morgan fingerprint density at radius 1 is 1.15 bits per heavy atom. The van der Waals surface area contributed by atoms with Crippen molar-refractivity contribution in [2.24, 2.45) is 0 Å². The van der Waals surface area contributed by atoms with E-state index in [9.17, 15) is 9.59 Å². The maximum Gasteiger partial charge on any atom is 0.262 e. The van der Waals surface area contributed by atoms with E-state index in [1.807, 2.05) is 31.2 Å². The van der Waals surface area contributed by atoms with E-state index in [0.29, 0.717) is 17.7 Å². The minimum Gasteiger partial charge on any atom is -0.483 e. The molecule has 27 heavy (non-hydrogen) atoms. The van der Waals surface area contributed by atoms with Gasteiger partial charge in [0.25, 0.3) is 5.91 Å². The van der Waals surface area contributed by atoms with Crippen molar-refractivity contribution in [1.29, 1.82) is 0 Å². The highest BCUT2D eigenvalue weighted by molar-refractivity contribution is 6.04. The van der Waals surface area contributed by atoms with E-state index in [1.165, 1.54) is 0 Å². The predicted octanol–water partition coefficient (Wildman–Crippen LogP) is 4.83. The van der Waals surface area contributed by atoms with E-state index in [2.05, 4.69) is 26.1 Å². The number of para-hydroxylation sites is 1. The minimum absolute atomic E-state index is 0.0983. The molecule has 0 saturated heterocycles. The molecular weight excluding hydrogens is 338 g/mol. The average molecular weight is 365 g/mol. The lowest BCUT2D eigenvalue weighted by Crippen LogP contribution is -2.22. The van der Waals surface area contributed by atoms with Gasteiger partial charge in [0.05, 0.1) is 5.56 Å². The molecule has 0 radical (unpaired) electrons. The molecule has 0 unspecified atom stereocenters. The molecule has 4 heteroatoms. The van der Waals surface area contributed by atoms with Crippen LogP contribution in [-0.2, 0) is 17.6 Å². The van der Waals surface area contributed by atoms with Crippen molar-refractivity contribution in [1.82, 2.24) is 0 Å². The zero-order valence-corrected chi connectivity index (χ0v) is 16.5. The van der Waals surface area contributed by atoms with Crippen LogP contribution in [0.15, 0.2) is 30.3 Å². The molecule has 1 N–H and O–H groups in total. The summed E-state index contributed by atoms with van der Waals surface area (Å²) in [6, 6.07) is 9.84. The number of Topliss-reactive ketones (excluding diaryl/α,β-unsaturated/α-hetero) is 1. The van der Waals surface area contributed by atoms with Crippen molar-refractivity contribution >= 4 is 17.4 Å². The van der Waals surface area contributed by atoms with Crippen molar-refractivity contribution in [2.75, 3.05) is 11.9 Å². The van der Waals surface area contributed by atoms with Crippen LogP contribution in [0.2, 0.25) is 0 Å². The minimum atomic E-state index is -0.210. The molecule has 0 spiro atoms. The molecule has 1 amide bonds. The molecule has 0 aromatic heterocycles. The topological polar surface area (TPSA) is 55.4 Å². The summed E-state index contributed by atoms with van der Waals surface area (Å²) in [7, 11) is 0. The van der Waals surface area contributed by atoms with Gasteiger partial charge in [0, 0.05) is 12.1 Å². The number of fused-ring (bicyclic) bond motifs is 1. The Morgan fingerprint density at radius 2 is 1.81 bits per heavy atom. The van der Waals surface area contributed by atoms with Crippen LogP contribution in [0.1, 0.15) is 65.7 Å². The van der Waals surface area contributed by atoms with E-state index in [4.69, 9.17) is 4.74 Å². The monoisotopic (exact) mass is 365 g/mol. The summed E-state index contributed by atoms with van der Waals surface area (Å²) < 4.78 is 5.77. The van der Waals surface area contributed by atoms with E-state index in [0.717, 1.165) is 40.8 Å². The highest BCUT2D eigenvalue weighted by atomic mass is 16.5. The van der Waals surface area contributed by atoms with E-state index < -0.39 is 0 Å². The van der Waals surface area contributed by atoms with Crippen LogP contribution in [0.5, 0.6) is 5.75 Å². The number of benzene rings is 2. The Hall–Kier alpha value is -2.62. The third-order valence-corrected chi connectivity index (χ3v) is 5.31. The number of hydrogen-bond acceptors (Lipinski definition) is 3. The fourth-order valence-electron chi connectivity index (χ4n) is 3.95. The molecule has 1 aliphatic rings. The number of ether oxygens (including phenoxy) is 1. The predicted molar refractivity (Wildman–Crippen MR) is 108 cm³/mol. The van der Waals surface area contributed by atoms with Gasteiger partial charge in [-0.05, 0) is 54.0 Å². The Balaban J connectivity index is 1.76. The number of carbonyl (C=O) groups is 2. The van der Waals surface area contributed by atoms with Gasteiger partial charge < -0.3 is 10.1 Å². The van der Waals surface area contributed by atoms with Crippen LogP contribution in [0.3, 0.4) is 0 Å². The van der Waals surface area contributed by atoms with Gasteiger partial charge in [-0.3, -0.25) is 9.59 Å². The highest BCUT2D eigenvalue weighted by Crippen LogP contribution is 2.40. The molecule has 0 saturated carbocycles. The average Bonchev–Trinajstić information content (AvgIpc) is 2.96. The molecule has 142 valence electrons. The van der Waals surface area contributed by atoms with Gasteiger partial charge >= 0.3 is 0 Å². The van der Waals surface area contributed by atoms with Crippen molar-refractivity contribution in [3.05, 3.63) is 58.1 Å². The normalized spacial score (nSPS) is 15.6. The maximum atomic E-state index is 12.5. The van der Waals surface area contributed by atoms with Gasteiger partial charge in [0.15, 0.2) is 12.4 Å². The van der Waals surface area contributed by atoms with E-state index >= 15 is 0 Å². The number of rotatable bonds is 6. The number of ketones is 1. The molecule has 3 rings (SSSR count). The van der Waals surface area contributed by atoms with E-state index in [1.54, 1.807) is 6.07 Å². The summed E-state index contributed by atoms with van der Waals surface area (Å²) in [6.07, 6.45) is 2.21. The van der Waals surface area contributed by atoms with Crippen molar-refractivity contribution < 1.29 is 14.3 Å². The number of aryl methyl sites for hydroxylation is 3. The summed E-state index contributed by atoms with van der Waals surface area (Å²) in [6.45, 7) is 8.10. The lowest BCUT2D eigenvalue weighted by Gasteiger charge is -2.16. The van der Waals surface area contributed by atoms with Crippen LogP contribution < -0.4 is 10.1 Å². The Labute approximate surface area is 160 Å². The van der Waals surface area contributed by atoms with Gasteiger partial charge in [-0.2, -0.15) is 0 Å². The van der Waals surface area contributed by atoms with Gasteiger partial charge in [-0.25, -0.2) is 0 Å². The van der Waals surface area contributed by atoms with Crippen LogP contribution in [0, 0.1) is 6.92 Å². The van der Waals surface area contributed by atoms with Crippen molar-refractivity contribution in [3.8, 4) is 5.75 Å². The molecular formula is C23H27NO3. The third kappa shape index (κ3) is 3.75. The molecule has 0 bridgehead atoms. The first-order valence-corrected chi connectivity index (χ1v) is 9.66. The zero-order valence-electron chi connectivity index (χ0n) is 16.5. The molecule has 4 nitrogen and oxygen atoms in total. The summed E-state index contributed by atoms with van der Waals surface area (Å²) in [5, 5.41) is 3.00. The molecule has 2 aromatic carbocycles. The van der Waals surface area contributed by atoms with Crippen LogP contribution >= 0.6 is 0 Å². The Morgan fingerprint density at radius 3 is 2.44 bits per heavy atom. The number of anilines is 1. The van der Waals surface area contributed by atoms with Crippen molar-refractivity contribution in [3.63, 3.8) is 0 Å². The zero-order chi connectivity index (χ0) is 19.6. The SMILES string of the molecule is CCc1cccc(CC)c1NC(=O)COc1ccc(C)c2c1C(=O)C[C@H]2C. The fourth-order valence-corrected chi connectivity index (χ4v) is 3.95. The first-order chi connectivity index (χ1) is 13.0. The molecule has 0 heterocycles. The van der Waals surface area contributed by atoms with Gasteiger partial charge in [0.2, 0.25) is 0 Å². The number of amides is 1. The quantitative estimate of drug-likeness (QED) is 0.798. The Kier molecular flexibility index (Phi) is 5.64. The number of hydrogen-bond donors (Lipinski definition) is 1. The van der Waals surface area contributed by atoms with Crippen molar-refractivity contribution in [2.45, 2.75) is 52.9 Å². The second-order valence-electron chi connectivity index (χ2n) is 7.19. The second-order valence-corrected chi connectivity index (χ2v) is 7.19. The second kappa shape index (κ2) is 7.95. The summed E-state index contributed by atoms with van der Waals surface area (Å²) >= 11 is 0. The van der Waals surface area contributed by atoms with Crippen LogP contribution in [-0.4, -0.2) is 18.3 Å². The first kappa shape index (κ1) is 19.2.